The Morgan fingerprint density at radius 2 is 0.658 bits per heavy atom. The van der Waals surface area contributed by atoms with Crippen molar-refractivity contribution in [2.75, 3.05) is 9.80 Å². The lowest BCUT2D eigenvalue weighted by atomic mass is 9.84. The van der Waals surface area contributed by atoms with Gasteiger partial charge in [-0.05, 0) is 185 Å². The van der Waals surface area contributed by atoms with Crippen molar-refractivity contribution in [3.8, 4) is 0 Å². The van der Waals surface area contributed by atoms with E-state index in [0.717, 1.165) is 102 Å². The zero-order chi connectivity index (χ0) is 51.5. The monoisotopic (exact) mass is 994 g/mol. The highest BCUT2D eigenvalue weighted by molar-refractivity contribution is 6.24. The number of anilines is 6. The number of rotatable bonds is 8. The van der Waals surface area contributed by atoms with Crippen LogP contribution in [0.1, 0.15) is 72.9 Å². The fraction of sp³-hybridized carbons (Fsp3) is 0.167. The van der Waals surface area contributed by atoms with Gasteiger partial charge in [-0.3, -0.25) is 0 Å². The minimum absolute atomic E-state index is 0.0371. The lowest BCUT2D eigenvalue weighted by molar-refractivity contribution is -0.138. The van der Waals surface area contributed by atoms with Gasteiger partial charge in [0.25, 0.3) is 0 Å². The van der Waals surface area contributed by atoms with Crippen molar-refractivity contribution in [3.63, 3.8) is 0 Å². The molecule has 9 aromatic carbocycles. The Hall–Kier alpha value is -7.93. The fourth-order valence-corrected chi connectivity index (χ4v) is 10.2. The van der Waals surface area contributed by atoms with E-state index in [1.807, 2.05) is 84.6 Å². The summed E-state index contributed by atoms with van der Waals surface area (Å²) in [4.78, 5) is 3.52. The Bertz CT molecular complexity index is 3860. The summed E-state index contributed by atoms with van der Waals surface area (Å²) in [5.41, 5.74) is 6.21. The second-order valence-electron chi connectivity index (χ2n) is 19.1. The maximum Gasteiger partial charge on any atom is 0.416 e. The Morgan fingerprint density at radius 3 is 0.959 bits per heavy atom. The average molecular weight is 995 g/mol. The molecule has 0 unspecified atom stereocenters. The molecule has 2 heterocycles. The first-order valence-corrected chi connectivity index (χ1v) is 23.6. The van der Waals surface area contributed by atoms with Gasteiger partial charge in [0.1, 0.15) is 11.2 Å². The first-order chi connectivity index (χ1) is 34.6. The van der Waals surface area contributed by atoms with E-state index >= 15 is 0 Å². The molecule has 368 valence electrons. The summed E-state index contributed by atoms with van der Waals surface area (Å²) in [5, 5.41) is 6.86. The molecule has 0 aliphatic carbocycles. The lowest BCUT2D eigenvalue weighted by Crippen LogP contribution is -2.12. The van der Waals surface area contributed by atoms with Crippen LogP contribution in [0, 0.1) is 6.92 Å². The van der Waals surface area contributed by atoms with Crippen molar-refractivity contribution in [3.05, 3.63) is 191 Å². The number of aryl methyl sites for hydroxylation is 1. The molecular formula is C60H43F9N2O2. The second kappa shape index (κ2) is 17.1. The van der Waals surface area contributed by atoms with E-state index < -0.39 is 35.2 Å². The van der Waals surface area contributed by atoms with Gasteiger partial charge in [-0.25, -0.2) is 0 Å². The number of alkyl halides is 9. The van der Waals surface area contributed by atoms with Crippen LogP contribution in [-0.4, -0.2) is 0 Å². The number of halogens is 9. The van der Waals surface area contributed by atoms with E-state index in [-0.39, 0.29) is 11.8 Å². The first kappa shape index (κ1) is 47.4. The highest BCUT2D eigenvalue weighted by atomic mass is 19.4. The van der Waals surface area contributed by atoms with Crippen molar-refractivity contribution in [1.82, 2.24) is 0 Å². The molecule has 13 heteroatoms. The van der Waals surface area contributed by atoms with E-state index in [1.165, 1.54) is 36.4 Å². The molecule has 2 aromatic heterocycles. The molecule has 0 spiro atoms. The maximum atomic E-state index is 13.7. The molecule has 0 N–H and O–H groups in total. The minimum atomic E-state index is -4.59. The lowest BCUT2D eigenvalue weighted by Gasteiger charge is -2.26. The third kappa shape index (κ3) is 8.34. The molecule has 73 heavy (non-hydrogen) atoms. The van der Waals surface area contributed by atoms with Crippen LogP contribution >= 0.6 is 0 Å². The van der Waals surface area contributed by atoms with Gasteiger partial charge in [-0.1, -0.05) is 57.5 Å². The zero-order valence-corrected chi connectivity index (χ0v) is 39.8. The Morgan fingerprint density at radius 1 is 0.356 bits per heavy atom. The van der Waals surface area contributed by atoms with Crippen molar-refractivity contribution in [2.24, 2.45) is 0 Å². The largest absolute Gasteiger partial charge is 0.452 e. The van der Waals surface area contributed by atoms with Crippen LogP contribution < -0.4 is 9.80 Å². The molecule has 0 amide bonds. The topological polar surface area (TPSA) is 32.8 Å². The molecule has 0 atom stereocenters. The molecule has 0 aliphatic rings. The normalized spacial score (nSPS) is 12.8. The zero-order valence-electron chi connectivity index (χ0n) is 39.8. The average Bonchev–Trinajstić information content (AvgIpc) is 3.91. The quantitative estimate of drug-likeness (QED) is 0.142. The van der Waals surface area contributed by atoms with Gasteiger partial charge in [0.05, 0.1) is 16.7 Å². The van der Waals surface area contributed by atoms with E-state index in [0.29, 0.717) is 50.5 Å². The van der Waals surface area contributed by atoms with Gasteiger partial charge in [-0.15, -0.1) is 0 Å². The Balaban J connectivity index is 1.08. The molecule has 0 saturated carbocycles. The SMILES string of the molecule is Cc1ccc(N(c2ccc(C(F)(F)F)cc2)c2ccc3cc4c(cc3c2)oc2c3oc5cc6cc(N(c7ccc(C(F)(F)F)cc7)c7ccc(C(F)(F)F)cc7)ccc6cc5c3c(C(C)C)c(C(C)C)c42)cc1. The van der Waals surface area contributed by atoms with Gasteiger partial charge in [0.15, 0.2) is 11.2 Å². The standard InChI is InChI=1S/C60H43F9N2O2/c1-32(2)52-53(33(3)4)55-49-29-36-9-19-47(71(44-22-12-40(13-23-44)59(64,65)66)45-24-14-41(15-25-45)60(67,68)69)27-38(36)31-51(49)73-57(55)56-54(52)48-28-35-8-18-46(26-37(35)30-50(48)72-56)70(42-16-6-34(5)7-17-42)43-20-10-39(11-21-43)58(61,62)63/h6-33H,1-5H3. The van der Waals surface area contributed by atoms with Crippen LogP contribution in [0.4, 0.5) is 73.6 Å². The van der Waals surface area contributed by atoms with Crippen LogP contribution in [0.2, 0.25) is 0 Å². The summed E-state index contributed by atoms with van der Waals surface area (Å²) < 4.78 is 137. The van der Waals surface area contributed by atoms with Crippen LogP contribution in [0.25, 0.3) is 65.4 Å². The summed E-state index contributed by atoms with van der Waals surface area (Å²) in [6.45, 7) is 10.6. The molecule has 0 saturated heterocycles. The summed E-state index contributed by atoms with van der Waals surface area (Å²) in [6.07, 6.45) is -13.7. The minimum Gasteiger partial charge on any atom is -0.452 e. The molecule has 11 rings (SSSR count). The van der Waals surface area contributed by atoms with Gasteiger partial charge >= 0.3 is 18.5 Å². The number of hydrogen-bond acceptors (Lipinski definition) is 4. The van der Waals surface area contributed by atoms with E-state index in [4.69, 9.17) is 8.83 Å². The molecule has 4 nitrogen and oxygen atoms in total. The number of hydrogen-bond donors (Lipinski definition) is 0. The van der Waals surface area contributed by atoms with Crippen LogP contribution in [-0.2, 0) is 18.5 Å². The number of fused-ring (bicyclic) bond motifs is 9. The third-order valence-electron chi connectivity index (χ3n) is 13.6. The van der Waals surface area contributed by atoms with Crippen LogP contribution in [0.5, 0.6) is 0 Å². The van der Waals surface area contributed by atoms with Crippen LogP contribution in [0.15, 0.2) is 167 Å². The molecular weight excluding hydrogens is 952 g/mol. The molecule has 0 fully saturated rings. The molecule has 0 aliphatic heterocycles. The van der Waals surface area contributed by atoms with Crippen LogP contribution in [0.3, 0.4) is 0 Å². The maximum absolute atomic E-state index is 13.7. The molecule has 11 aromatic rings. The van der Waals surface area contributed by atoms with Crippen molar-refractivity contribution in [1.29, 1.82) is 0 Å². The second-order valence-corrected chi connectivity index (χ2v) is 19.1. The van der Waals surface area contributed by atoms with E-state index in [9.17, 15) is 39.5 Å². The molecule has 0 bridgehead atoms. The summed E-state index contributed by atoms with van der Waals surface area (Å²) in [6, 6.07) is 41.2. The first-order valence-electron chi connectivity index (χ1n) is 23.6. The van der Waals surface area contributed by atoms with Gasteiger partial charge in [0, 0.05) is 55.7 Å². The van der Waals surface area contributed by atoms with Crippen molar-refractivity contribution >= 4 is 99.5 Å². The third-order valence-corrected chi connectivity index (χ3v) is 13.6. The smallest absolute Gasteiger partial charge is 0.416 e. The summed E-state index contributed by atoms with van der Waals surface area (Å²) in [5.74, 6) is 0.0828. The number of nitrogens with zero attached hydrogens (tertiary/aromatic N) is 2. The summed E-state index contributed by atoms with van der Waals surface area (Å²) >= 11 is 0. The van der Waals surface area contributed by atoms with Gasteiger partial charge in [0.2, 0.25) is 0 Å². The summed E-state index contributed by atoms with van der Waals surface area (Å²) in [7, 11) is 0. The highest BCUT2D eigenvalue weighted by Gasteiger charge is 2.33. The number of benzene rings is 9. The Labute approximate surface area is 412 Å². The molecule has 0 radical (unpaired) electrons. The van der Waals surface area contributed by atoms with E-state index in [1.54, 1.807) is 11.0 Å². The van der Waals surface area contributed by atoms with Gasteiger partial charge < -0.3 is 18.6 Å². The fourth-order valence-electron chi connectivity index (χ4n) is 10.2. The number of furan rings is 2. The predicted octanol–water partition coefficient (Wildman–Crippen LogP) is 20.3. The predicted molar refractivity (Wildman–Crippen MR) is 273 cm³/mol. The Kier molecular flexibility index (Phi) is 11.1. The van der Waals surface area contributed by atoms with Gasteiger partial charge in [-0.2, -0.15) is 39.5 Å². The highest BCUT2D eigenvalue weighted by Crippen LogP contribution is 2.50. The van der Waals surface area contributed by atoms with Crippen molar-refractivity contribution < 1.29 is 48.3 Å². The van der Waals surface area contributed by atoms with Crippen molar-refractivity contribution in [2.45, 2.75) is 65.0 Å². The van der Waals surface area contributed by atoms with E-state index in [2.05, 4.69) is 33.8 Å².